The second kappa shape index (κ2) is 8.89. The Morgan fingerprint density at radius 2 is 1.69 bits per heavy atom. The number of hydrogen-bond acceptors (Lipinski definition) is 5. The molecule has 0 spiro atoms. The van der Waals surface area contributed by atoms with Gasteiger partial charge in [0, 0.05) is 16.1 Å². The van der Waals surface area contributed by atoms with Gasteiger partial charge in [0.15, 0.2) is 5.16 Å². The van der Waals surface area contributed by atoms with Crippen LogP contribution in [0.2, 0.25) is 10.0 Å². The lowest BCUT2D eigenvalue weighted by Gasteiger charge is -2.26. The smallest absolute Gasteiger partial charge is 0.262 e. The van der Waals surface area contributed by atoms with Crippen LogP contribution >= 0.6 is 35.0 Å². The number of rotatable bonds is 4. The third-order valence-corrected chi connectivity index (χ3v) is 7.26. The molecule has 2 aromatic heterocycles. The lowest BCUT2D eigenvalue weighted by molar-refractivity contribution is 0.326. The zero-order chi connectivity index (χ0) is 22.2. The Kier molecular flexibility index (Phi) is 5.97. The van der Waals surface area contributed by atoms with Crippen LogP contribution in [0.1, 0.15) is 44.0 Å². The van der Waals surface area contributed by atoms with Gasteiger partial charge >= 0.3 is 0 Å². The van der Waals surface area contributed by atoms with Gasteiger partial charge in [-0.2, -0.15) is 0 Å². The van der Waals surface area contributed by atoms with Crippen molar-refractivity contribution in [1.29, 1.82) is 0 Å². The van der Waals surface area contributed by atoms with E-state index in [1.165, 1.54) is 18.2 Å². The number of nitrogens with one attached hydrogen (secondary N) is 1. The maximum absolute atomic E-state index is 13.4. The number of halogens is 2. The minimum atomic E-state index is -0.240. The molecule has 0 unspecified atom stereocenters. The van der Waals surface area contributed by atoms with E-state index in [4.69, 9.17) is 28.2 Å². The molecule has 0 amide bonds. The summed E-state index contributed by atoms with van der Waals surface area (Å²) in [5, 5.41) is 2.66. The number of H-pyrrole nitrogens is 1. The molecule has 5 rings (SSSR count). The van der Waals surface area contributed by atoms with E-state index in [-0.39, 0.29) is 17.2 Å². The molecule has 1 fully saturated rings. The van der Waals surface area contributed by atoms with Crippen molar-refractivity contribution in [3.05, 3.63) is 73.0 Å². The van der Waals surface area contributed by atoms with Crippen molar-refractivity contribution >= 4 is 56.8 Å². The highest BCUT2D eigenvalue weighted by atomic mass is 35.5. The predicted octanol–water partition coefficient (Wildman–Crippen LogP) is 5.74. The van der Waals surface area contributed by atoms with Crippen LogP contribution in [-0.2, 0) is 5.75 Å². The maximum Gasteiger partial charge on any atom is 0.262 e. The van der Waals surface area contributed by atoms with Gasteiger partial charge in [0.25, 0.3) is 11.1 Å². The molecule has 0 atom stereocenters. The number of aromatic nitrogens is 4. The van der Waals surface area contributed by atoms with Crippen molar-refractivity contribution in [2.45, 2.75) is 49.1 Å². The topological polar surface area (TPSA) is 80.6 Å². The monoisotopic (exact) mass is 486 g/mol. The summed E-state index contributed by atoms with van der Waals surface area (Å²) in [6.45, 7) is 0. The second-order valence-corrected chi connectivity index (χ2v) is 9.80. The first-order chi connectivity index (χ1) is 15.5. The fourth-order valence-electron chi connectivity index (χ4n) is 4.28. The van der Waals surface area contributed by atoms with E-state index >= 15 is 0 Å². The van der Waals surface area contributed by atoms with Crippen molar-refractivity contribution in [3.63, 3.8) is 0 Å². The lowest BCUT2D eigenvalue weighted by atomic mass is 9.95. The molecule has 0 radical (unpaired) electrons. The second-order valence-electron chi connectivity index (χ2n) is 7.99. The third-order valence-electron chi connectivity index (χ3n) is 5.83. The summed E-state index contributed by atoms with van der Waals surface area (Å²) in [5.41, 5.74) is 0.870. The van der Waals surface area contributed by atoms with Gasteiger partial charge in [-0.05, 0) is 49.2 Å². The van der Waals surface area contributed by atoms with Crippen LogP contribution in [0.3, 0.4) is 0 Å². The lowest BCUT2D eigenvalue weighted by Crippen LogP contribution is -2.29. The van der Waals surface area contributed by atoms with E-state index < -0.39 is 0 Å². The zero-order valence-corrected chi connectivity index (χ0v) is 19.4. The predicted molar refractivity (Wildman–Crippen MR) is 130 cm³/mol. The van der Waals surface area contributed by atoms with Crippen LogP contribution in [0.4, 0.5) is 0 Å². The Hall–Kier alpha value is -2.35. The summed E-state index contributed by atoms with van der Waals surface area (Å²) >= 11 is 13.6. The normalized spacial score (nSPS) is 14.9. The van der Waals surface area contributed by atoms with E-state index in [2.05, 4.69) is 9.97 Å². The van der Waals surface area contributed by atoms with Crippen molar-refractivity contribution in [1.82, 2.24) is 19.5 Å². The highest BCUT2D eigenvalue weighted by Gasteiger charge is 2.22. The Labute approximate surface area is 198 Å². The standard InChI is InChI=1S/C23H20Cl2N4O2S/c24-13-7-9-18-17(10-13)21(30)28-20(26-18)12-32-23-27-19-11-14(25)6-8-16(19)22(31)29(23)15-4-2-1-3-5-15/h6-11,15H,1-5,12H2,(H,26,28,30). The van der Waals surface area contributed by atoms with Crippen LogP contribution in [0.5, 0.6) is 0 Å². The Morgan fingerprint density at radius 1 is 0.938 bits per heavy atom. The highest BCUT2D eigenvalue weighted by molar-refractivity contribution is 7.98. The van der Waals surface area contributed by atoms with Crippen LogP contribution in [-0.4, -0.2) is 19.5 Å². The maximum atomic E-state index is 13.4. The van der Waals surface area contributed by atoms with Crippen molar-refractivity contribution in [2.24, 2.45) is 0 Å². The Balaban J connectivity index is 1.55. The number of fused-ring (bicyclic) bond motifs is 2. The van der Waals surface area contributed by atoms with Gasteiger partial charge in [0.2, 0.25) is 0 Å². The molecule has 2 heterocycles. The van der Waals surface area contributed by atoms with Gasteiger partial charge in [-0.3, -0.25) is 14.2 Å². The summed E-state index contributed by atoms with van der Waals surface area (Å²) in [6, 6.07) is 10.4. The molecule has 164 valence electrons. The summed E-state index contributed by atoms with van der Waals surface area (Å²) in [7, 11) is 0. The Morgan fingerprint density at radius 3 is 2.50 bits per heavy atom. The molecule has 6 nitrogen and oxygen atoms in total. The first-order valence-corrected chi connectivity index (χ1v) is 12.3. The van der Waals surface area contributed by atoms with Gasteiger partial charge in [-0.25, -0.2) is 9.97 Å². The summed E-state index contributed by atoms with van der Waals surface area (Å²) in [4.78, 5) is 38.1. The summed E-state index contributed by atoms with van der Waals surface area (Å²) in [5.74, 6) is 0.893. The van der Waals surface area contributed by atoms with Crippen LogP contribution < -0.4 is 11.1 Å². The fraction of sp³-hybridized carbons (Fsp3) is 0.304. The molecule has 32 heavy (non-hydrogen) atoms. The summed E-state index contributed by atoms with van der Waals surface area (Å²) in [6.07, 6.45) is 5.31. The van der Waals surface area contributed by atoms with Crippen molar-refractivity contribution in [3.8, 4) is 0 Å². The molecule has 1 saturated carbocycles. The Bertz CT molecular complexity index is 1440. The van der Waals surface area contributed by atoms with Crippen LogP contribution in [0, 0.1) is 0 Å². The first-order valence-electron chi connectivity index (χ1n) is 10.5. The summed E-state index contributed by atoms with van der Waals surface area (Å²) < 4.78 is 1.83. The molecule has 0 saturated heterocycles. The van der Waals surface area contributed by atoms with Crippen molar-refractivity contribution in [2.75, 3.05) is 0 Å². The number of thioether (sulfide) groups is 1. The van der Waals surface area contributed by atoms with Crippen molar-refractivity contribution < 1.29 is 0 Å². The minimum Gasteiger partial charge on any atom is -0.309 e. The number of benzene rings is 2. The average Bonchev–Trinajstić information content (AvgIpc) is 2.78. The molecular formula is C23H20Cl2N4O2S. The first kappa shape index (κ1) is 21.5. The largest absolute Gasteiger partial charge is 0.309 e. The molecule has 2 aromatic carbocycles. The fourth-order valence-corrected chi connectivity index (χ4v) is 5.55. The van der Waals surface area contributed by atoms with Crippen LogP contribution in [0.25, 0.3) is 21.8 Å². The van der Waals surface area contributed by atoms with E-state index in [0.717, 1.165) is 25.7 Å². The average molecular weight is 487 g/mol. The quantitative estimate of drug-likeness (QED) is 0.294. The third kappa shape index (κ3) is 4.17. The van der Waals surface area contributed by atoms with Gasteiger partial charge in [-0.15, -0.1) is 0 Å². The van der Waals surface area contributed by atoms with E-state index in [0.29, 0.717) is 48.6 Å². The number of aromatic amines is 1. The number of nitrogens with zero attached hydrogens (tertiary/aromatic N) is 3. The molecule has 4 aromatic rings. The zero-order valence-electron chi connectivity index (χ0n) is 17.1. The van der Waals surface area contributed by atoms with Crippen LogP contribution in [0.15, 0.2) is 51.1 Å². The van der Waals surface area contributed by atoms with Gasteiger partial charge < -0.3 is 4.98 Å². The molecule has 1 aliphatic rings. The highest BCUT2D eigenvalue weighted by Crippen LogP contribution is 2.32. The number of hydrogen-bond donors (Lipinski definition) is 1. The van der Waals surface area contributed by atoms with Gasteiger partial charge in [0.05, 0.1) is 27.6 Å². The molecule has 0 aliphatic heterocycles. The molecular weight excluding hydrogens is 467 g/mol. The molecule has 1 N–H and O–H groups in total. The van der Waals surface area contributed by atoms with E-state index in [9.17, 15) is 9.59 Å². The molecule has 1 aliphatic carbocycles. The minimum absolute atomic E-state index is 0.0457. The van der Waals surface area contributed by atoms with Gasteiger partial charge in [-0.1, -0.05) is 54.2 Å². The SMILES string of the molecule is O=c1[nH]c(CSc2nc3cc(Cl)ccc3c(=O)n2C2CCCCC2)nc2ccc(Cl)cc12. The molecule has 0 bridgehead atoms. The van der Waals surface area contributed by atoms with E-state index in [1.807, 2.05) is 4.57 Å². The van der Waals surface area contributed by atoms with E-state index in [1.54, 1.807) is 36.4 Å². The molecule has 9 heteroatoms. The van der Waals surface area contributed by atoms with Gasteiger partial charge in [0.1, 0.15) is 5.82 Å².